The maximum atomic E-state index is 12.3. The van der Waals surface area contributed by atoms with Gasteiger partial charge in [-0.3, -0.25) is 9.59 Å². The van der Waals surface area contributed by atoms with Crippen LogP contribution in [0.5, 0.6) is 0 Å². The van der Waals surface area contributed by atoms with E-state index in [4.69, 9.17) is 0 Å². The highest BCUT2D eigenvalue weighted by Gasteiger charge is 2.25. The Balaban J connectivity index is 1.69. The molecule has 1 fully saturated rings. The van der Waals surface area contributed by atoms with E-state index in [2.05, 4.69) is 10.6 Å². The van der Waals surface area contributed by atoms with Gasteiger partial charge in [0.2, 0.25) is 11.8 Å². The van der Waals surface area contributed by atoms with Crippen molar-refractivity contribution in [1.82, 2.24) is 10.6 Å². The number of nitrogens with zero attached hydrogens (tertiary/aromatic N) is 1. The van der Waals surface area contributed by atoms with Crippen LogP contribution < -0.4 is 15.5 Å². The van der Waals surface area contributed by atoms with Crippen LogP contribution in [0, 0.1) is 0 Å². The molecule has 1 aromatic rings. The van der Waals surface area contributed by atoms with E-state index in [1.54, 1.807) is 4.90 Å². The standard InChI is InChI=1S/C17H23N3O2/c21-16(19-14-7-4-10-18-11-14)12-20-15-8-2-1-5-13(15)6-3-9-17(20)22/h1-2,5,8,14,18H,3-4,6-7,9-12H2,(H,19,21)/t14-/m0/s1. The van der Waals surface area contributed by atoms with Gasteiger partial charge < -0.3 is 15.5 Å². The third-order valence-electron chi connectivity index (χ3n) is 4.38. The Bertz CT molecular complexity index is 553. The van der Waals surface area contributed by atoms with Crippen LogP contribution in [-0.4, -0.2) is 37.5 Å². The first-order chi connectivity index (χ1) is 10.7. The summed E-state index contributed by atoms with van der Waals surface area (Å²) in [6.07, 6.45) is 4.33. The molecule has 2 N–H and O–H groups in total. The van der Waals surface area contributed by atoms with Crippen LogP contribution in [0.4, 0.5) is 5.69 Å². The van der Waals surface area contributed by atoms with E-state index >= 15 is 0 Å². The lowest BCUT2D eigenvalue weighted by Gasteiger charge is -2.26. The number of fused-ring (bicyclic) bond motifs is 1. The minimum atomic E-state index is -0.0706. The van der Waals surface area contributed by atoms with Crippen molar-refractivity contribution in [3.05, 3.63) is 29.8 Å². The average molecular weight is 301 g/mol. The molecule has 1 saturated heterocycles. The van der Waals surface area contributed by atoms with Crippen LogP contribution in [0.15, 0.2) is 24.3 Å². The summed E-state index contributed by atoms with van der Waals surface area (Å²) >= 11 is 0. The number of amides is 2. The Kier molecular flexibility index (Phi) is 4.73. The summed E-state index contributed by atoms with van der Waals surface area (Å²) in [5.41, 5.74) is 2.04. The van der Waals surface area contributed by atoms with E-state index in [0.717, 1.165) is 50.0 Å². The van der Waals surface area contributed by atoms with E-state index in [1.165, 1.54) is 0 Å². The fourth-order valence-electron chi connectivity index (χ4n) is 3.25. The highest BCUT2D eigenvalue weighted by Crippen LogP contribution is 2.26. The lowest BCUT2D eigenvalue weighted by atomic mass is 10.1. The molecule has 22 heavy (non-hydrogen) atoms. The molecule has 0 bridgehead atoms. The van der Waals surface area contributed by atoms with E-state index in [-0.39, 0.29) is 24.4 Å². The Morgan fingerprint density at radius 1 is 1.27 bits per heavy atom. The van der Waals surface area contributed by atoms with Gasteiger partial charge in [0, 0.05) is 24.7 Å². The van der Waals surface area contributed by atoms with E-state index in [9.17, 15) is 9.59 Å². The number of nitrogens with one attached hydrogen (secondary N) is 2. The normalized spacial score (nSPS) is 21.9. The van der Waals surface area contributed by atoms with Gasteiger partial charge in [0.25, 0.3) is 0 Å². The Labute approximate surface area is 131 Å². The van der Waals surface area contributed by atoms with Crippen LogP contribution in [0.2, 0.25) is 0 Å². The summed E-state index contributed by atoms with van der Waals surface area (Å²) in [4.78, 5) is 26.3. The second-order valence-corrected chi connectivity index (χ2v) is 6.07. The average Bonchev–Trinajstić information content (AvgIpc) is 2.68. The van der Waals surface area contributed by atoms with Crippen LogP contribution in [0.1, 0.15) is 31.2 Å². The van der Waals surface area contributed by atoms with Crippen molar-refractivity contribution in [3.8, 4) is 0 Å². The third kappa shape index (κ3) is 3.47. The summed E-state index contributed by atoms with van der Waals surface area (Å²) in [6, 6.07) is 8.07. The largest absolute Gasteiger partial charge is 0.351 e. The van der Waals surface area contributed by atoms with Crippen LogP contribution in [0.25, 0.3) is 0 Å². The summed E-state index contributed by atoms with van der Waals surface area (Å²) < 4.78 is 0. The predicted molar refractivity (Wildman–Crippen MR) is 85.8 cm³/mol. The number of para-hydroxylation sites is 1. The van der Waals surface area contributed by atoms with Gasteiger partial charge in [-0.05, 0) is 43.9 Å². The molecule has 2 heterocycles. The van der Waals surface area contributed by atoms with E-state index in [1.807, 2.05) is 24.3 Å². The van der Waals surface area contributed by atoms with Crippen molar-refractivity contribution >= 4 is 17.5 Å². The zero-order valence-electron chi connectivity index (χ0n) is 12.8. The predicted octanol–water partition coefficient (Wildman–Crippen LogP) is 1.22. The number of rotatable bonds is 3. The monoisotopic (exact) mass is 301 g/mol. The molecule has 3 rings (SSSR count). The molecule has 5 heteroatoms. The molecule has 0 aromatic heterocycles. The fourth-order valence-corrected chi connectivity index (χ4v) is 3.25. The molecular weight excluding hydrogens is 278 g/mol. The second-order valence-electron chi connectivity index (χ2n) is 6.07. The second kappa shape index (κ2) is 6.92. The molecule has 0 spiro atoms. The molecule has 1 aromatic carbocycles. The Morgan fingerprint density at radius 2 is 2.14 bits per heavy atom. The molecule has 118 valence electrons. The van der Waals surface area contributed by atoms with Crippen molar-refractivity contribution in [2.24, 2.45) is 0 Å². The van der Waals surface area contributed by atoms with Crippen LogP contribution in [-0.2, 0) is 16.0 Å². The summed E-state index contributed by atoms with van der Waals surface area (Å²) in [7, 11) is 0. The van der Waals surface area contributed by atoms with Gasteiger partial charge >= 0.3 is 0 Å². The number of carbonyl (C=O) groups excluding carboxylic acids is 2. The minimum Gasteiger partial charge on any atom is -0.351 e. The molecule has 0 radical (unpaired) electrons. The molecule has 1 atom stereocenters. The number of benzene rings is 1. The van der Waals surface area contributed by atoms with Gasteiger partial charge in [0.05, 0.1) is 0 Å². The quantitative estimate of drug-likeness (QED) is 0.882. The van der Waals surface area contributed by atoms with Crippen molar-refractivity contribution < 1.29 is 9.59 Å². The number of piperidine rings is 1. The number of hydrogen-bond acceptors (Lipinski definition) is 3. The van der Waals surface area contributed by atoms with Gasteiger partial charge in [-0.1, -0.05) is 18.2 Å². The third-order valence-corrected chi connectivity index (χ3v) is 4.38. The minimum absolute atomic E-state index is 0.0434. The van der Waals surface area contributed by atoms with Crippen molar-refractivity contribution in [2.45, 2.75) is 38.1 Å². The number of aryl methyl sites for hydroxylation is 1. The van der Waals surface area contributed by atoms with Crippen molar-refractivity contribution in [2.75, 3.05) is 24.5 Å². The maximum absolute atomic E-state index is 12.3. The van der Waals surface area contributed by atoms with E-state index < -0.39 is 0 Å². The number of hydrogen-bond donors (Lipinski definition) is 2. The van der Waals surface area contributed by atoms with Gasteiger partial charge in [0.1, 0.15) is 6.54 Å². The zero-order chi connectivity index (χ0) is 15.4. The molecule has 5 nitrogen and oxygen atoms in total. The molecule has 2 aliphatic heterocycles. The first-order valence-electron chi connectivity index (χ1n) is 8.12. The summed E-state index contributed by atoms with van der Waals surface area (Å²) in [5, 5.41) is 6.33. The first kappa shape index (κ1) is 15.0. The Morgan fingerprint density at radius 3 is 2.95 bits per heavy atom. The van der Waals surface area contributed by atoms with Gasteiger partial charge in [0.15, 0.2) is 0 Å². The molecule has 0 unspecified atom stereocenters. The molecule has 2 aliphatic rings. The SMILES string of the molecule is O=C(CN1C(=O)CCCc2ccccc21)N[C@H]1CCCNC1. The van der Waals surface area contributed by atoms with Crippen molar-refractivity contribution in [3.63, 3.8) is 0 Å². The Hall–Kier alpha value is -1.88. The summed E-state index contributed by atoms with van der Waals surface area (Å²) in [5.74, 6) is -0.0272. The molecule has 0 saturated carbocycles. The lowest BCUT2D eigenvalue weighted by Crippen LogP contribution is -2.49. The van der Waals surface area contributed by atoms with Gasteiger partial charge in [-0.15, -0.1) is 0 Å². The topological polar surface area (TPSA) is 61.4 Å². The summed E-state index contributed by atoms with van der Waals surface area (Å²) in [6.45, 7) is 1.95. The van der Waals surface area contributed by atoms with Crippen molar-refractivity contribution in [1.29, 1.82) is 0 Å². The molecule has 2 amide bonds. The van der Waals surface area contributed by atoms with Crippen LogP contribution >= 0.6 is 0 Å². The van der Waals surface area contributed by atoms with E-state index in [0.29, 0.717) is 6.42 Å². The number of anilines is 1. The molecular formula is C17H23N3O2. The fraction of sp³-hybridized carbons (Fsp3) is 0.529. The number of carbonyl (C=O) groups is 2. The van der Waals surface area contributed by atoms with Crippen LogP contribution in [0.3, 0.4) is 0 Å². The lowest BCUT2D eigenvalue weighted by molar-refractivity contribution is -0.124. The molecule has 0 aliphatic carbocycles. The highest BCUT2D eigenvalue weighted by molar-refractivity contribution is 5.99. The first-order valence-corrected chi connectivity index (χ1v) is 8.12. The zero-order valence-corrected chi connectivity index (χ0v) is 12.8. The maximum Gasteiger partial charge on any atom is 0.240 e. The highest BCUT2D eigenvalue weighted by atomic mass is 16.2. The van der Waals surface area contributed by atoms with Gasteiger partial charge in [-0.2, -0.15) is 0 Å². The van der Waals surface area contributed by atoms with Gasteiger partial charge in [-0.25, -0.2) is 0 Å². The smallest absolute Gasteiger partial charge is 0.240 e.